The Morgan fingerprint density at radius 3 is 2.88 bits per heavy atom. The molecular formula is C12H13NO3S. The first kappa shape index (κ1) is 11.1. The summed E-state index contributed by atoms with van der Waals surface area (Å²) in [5.74, 6) is 0.886. The molecule has 1 aromatic carbocycles. The van der Waals surface area contributed by atoms with Gasteiger partial charge in [0, 0.05) is 12.2 Å². The maximum atomic E-state index is 5.60. The first-order valence-electron chi connectivity index (χ1n) is 5.63. The zero-order chi connectivity index (χ0) is 11.5. The molecular weight excluding hydrogens is 238 g/mol. The number of hydrogen-bond acceptors (Lipinski definition) is 5. The number of aromatic nitrogens is 1. The van der Waals surface area contributed by atoms with Crippen molar-refractivity contribution >= 4 is 22.9 Å². The molecule has 0 amide bonds. The van der Waals surface area contributed by atoms with Crippen molar-refractivity contribution in [2.75, 3.05) is 19.0 Å². The summed E-state index contributed by atoms with van der Waals surface area (Å²) in [4.78, 5) is 4.39. The van der Waals surface area contributed by atoms with Gasteiger partial charge in [-0.3, -0.25) is 0 Å². The summed E-state index contributed by atoms with van der Waals surface area (Å²) in [6.45, 7) is 1.41. The van der Waals surface area contributed by atoms with Crippen LogP contribution in [-0.2, 0) is 9.47 Å². The summed E-state index contributed by atoms with van der Waals surface area (Å²) in [6, 6.07) is 7.78. The Morgan fingerprint density at radius 2 is 2.06 bits per heavy atom. The molecule has 17 heavy (non-hydrogen) atoms. The fourth-order valence-electron chi connectivity index (χ4n) is 1.73. The lowest BCUT2D eigenvalue weighted by molar-refractivity contribution is -0.0421. The SMILES string of the molecule is c1ccc2oc(SCCC3OCCO3)nc2c1. The van der Waals surface area contributed by atoms with E-state index in [2.05, 4.69) is 4.98 Å². The zero-order valence-corrected chi connectivity index (χ0v) is 10.1. The Kier molecular flexibility index (Phi) is 3.31. The van der Waals surface area contributed by atoms with Crippen molar-refractivity contribution in [3.05, 3.63) is 24.3 Å². The number of para-hydroxylation sites is 2. The van der Waals surface area contributed by atoms with E-state index >= 15 is 0 Å². The number of thioether (sulfide) groups is 1. The van der Waals surface area contributed by atoms with Crippen molar-refractivity contribution in [1.29, 1.82) is 0 Å². The predicted octanol–water partition coefficient (Wildman–Crippen LogP) is 2.68. The molecule has 5 heteroatoms. The van der Waals surface area contributed by atoms with Crippen molar-refractivity contribution in [3.63, 3.8) is 0 Å². The molecule has 0 atom stereocenters. The second-order valence-corrected chi connectivity index (χ2v) is 4.80. The van der Waals surface area contributed by atoms with Crippen LogP contribution in [-0.4, -0.2) is 30.2 Å². The molecule has 0 N–H and O–H groups in total. The normalized spacial score (nSPS) is 16.9. The van der Waals surface area contributed by atoms with Gasteiger partial charge >= 0.3 is 0 Å². The molecule has 2 aromatic rings. The van der Waals surface area contributed by atoms with Crippen LogP contribution in [0.5, 0.6) is 0 Å². The highest BCUT2D eigenvalue weighted by atomic mass is 32.2. The second-order valence-electron chi connectivity index (χ2n) is 3.76. The van der Waals surface area contributed by atoms with Gasteiger partial charge in [0.15, 0.2) is 11.9 Å². The van der Waals surface area contributed by atoms with E-state index in [-0.39, 0.29) is 6.29 Å². The van der Waals surface area contributed by atoms with Crippen LogP contribution in [0.1, 0.15) is 6.42 Å². The number of fused-ring (bicyclic) bond motifs is 1. The molecule has 1 aliphatic heterocycles. The molecule has 1 aliphatic rings. The highest BCUT2D eigenvalue weighted by Crippen LogP contribution is 2.24. The number of hydrogen-bond donors (Lipinski definition) is 0. The molecule has 0 aliphatic carbocycles. The van der Waals surface area contributed by atoms with Crippen LogP contribution in [0, 0.1) is 0 Å². The average molecular weight is 251 g/mol. The van der Waals surface area contributed by atoms with Gasteiger partial charge in [-0.1, -0.05) is 23.9 Å². The summed E-state index contributed by atoms with van der Waals surface area (Å²) in [5.41, 5.74) is 1.74. The first-order chi connectivity index (χ1) is 8.42. The summed E-state index contributed by atoms with van der Waals surface area (Å²) in [7, 11) is 0. The highest BCUT2D eigenvalue weighted by Gasteiger charge is 2.16. The molecule has 1 saturated heterocycles. The van der Waals surface area contributed by atoms with Crippen LogP contribution in [0.25, 0.3) is 11.1 Å². The molecule has 0 unspecified atom stereocenters. The molecule has 3 rings (SSSR count). The number of ether oxygens (including phenoxy) is 2. The minimum absolute atomic E-state index is 0.0492. The van der Waals surface area contributed by atoms with Crippen LogP contribution < -0.4 is 0 Å². The average Bonchev–Trinajstić information content (AvgIpc) is 2.96. The Hall–Kier alpha value is -1.04. The number of rotatable bonds is 4. The molecule has 0 saturated carbocycles. The third kappa shape index (κ3) is 2.62. The summed E-state index contributed by atoms with van der Waals surface area (Å²) in [5, 5.41) is 0.712. The van der Waals surface area contributed by atoms with Crippen LogP contribution in [0.15, 0.2) is 33.9 Å². The fourth-order valence-corrected chi connectivity index (χ4v) is 2.53. The monoisotopic (exact) mass is 251 g/mol. The third-order valence-corrected chi connectivity index (χ3v) is 3.41. The lowest BCUT2D eigenvalue weighted by atomic mass is 10.3. The lowest BCUT2D eigenvalue weighted by Gasteiger charge is -2.06. The minimum atomic E-state index is -0.0492. The van der Waals surface area contributed by atoms with Gasteiger partial charge in [0.25, 0.3) is 5.22 Å². The van der Waals surface area contributed by atoms with E-state index in [9.17, 15) is 0 Å². The van der Waals surface area contributed by atoms with E-state index < -0.39 is 0 Å². The quantitative estimate of drug-likeness (QED) is 0.782. The largest absolute Gasteiger partial charge is 0.431 e. The van der Waals surface area contributed by atoms with E-state index in [0.717, 1.165) is 23.3 Å². The fraction of sp³-hybridized carbons (Fsp3) is 0.417. The van der Waals surface area contributed by atoms with Crippen molar-refractivity contribution in [3.8, 4) is 0 Å². The molecule has 0 spiro atoms. The molecule has 4 nitrogen and oxygen atoms in total. The van der Waals surface area contributed by atoms with Gasteiger partial charge in [0.05, 0.1) is 13.2 Å². The Morgan fingerprint density at radius 1 is 1.24 bits per heavy atom. The molecule has 0 bridgehead atoms. The van der Waals surface area contributed by atoms with Gasteiger partial charge in [0.2, 0.25) is 0 Å². The number of benzene rings is 1. The van der Waals surface area contributed by atoms with Crippen LogP contribution in [0.2, 0.25) is 0 Å². The van der Waals surface area contributed by atoms with Gasteiger partial charge in [-0.2, -0.15) is 0 Å². The molecule has 90 valence electrons. The molecule has 1 aromatic heterocycles. The maximum Gasteiger partial charge on any atom is 0.256 e. The highest BCUT2D eigenvalue weighted by molar-refractivity contribution is 7.99. The summed E-state index contributed by atoms with van der Waals surface area (Å²) >= 11 is 1.60. The van der Waals surface area contributed by atoms with Crippen molar-refractivity contribution in [1.82, 2.24) is 4.98 Å². The standard InChI is InChI=1S/C12H13NO3S/c1-2-4-10-9(3-1)13-12(16-10)17-8-5-11-14-6-7-15-11/h1-4,11H,5-8H2. The van der Waals surface area contributed by atoms with Crippen LogP contribution in [0.3, 0.4) is 0 Å². The Balaban J connectivity index is 1.57. The topological polar surface area (TPSA) is 44.5 Å². The minimum Gasteiger partial charge on any atom is -0.431 e. The maximum absolute atomic E-state index is 5.60. The molecule has 0 radical (unpaired) electrons. The van der Waals surface area contributed by atoms with E-state index in [1.54, 1.807) is 11.8 Å². The first-order valence-corrected chi connectivity index (χ1v) is 6.62. The van der Waals surface area contributed by atoms with E-state index in [1.165, 1.54) is 0 Å². The van der Waals surface area contributed by atoms with Crippen molar-refractivity contribution in [2.45, 2.75) is 17.9 Å². The van der Waals surface area contributed by atoms with Crippen molar-refractivity contribution in [2.24, 2.45) is 0 Å². The smallest absolute Gasteiger partial charge is 0.256 e. The Bertz CT molecular complexity index is 460. The number of oxazole rings is 1. The lowest BCUT2D eigenvalue weighted by Crippen LogP contribution is -2.08. The summed E-state index contributed by atoms with van der Waals surface area (Å²) < 4.78 is 16.3. The Labute approximate surface area is 103 Å². The third-order valence-electron chi connectivity index (χ3n) is 2.54. The van der Waals surface area contributed by atoms with Crippen LogP contribution >= 0.6 is 11.8 Å². The van der Waals surface area contributed by atoms with Crippen LogP contribution in [0.4, 0.5) is 0 Å². The zero-order valence-electron chi connectivity index (χ0n) is 9.30. The van der Waals surface area contributed by atoms with Gasteiger partial charge in [-0.05, 0) is 12.1 Å². The van der Waals surface area contributed by atoms with Gasteiger partial charge in [-0.15, -0.1) is 0 Å². The van der Waals surface area contributed by atoms with E-state index in [0.29, 0.717) is 18.4 Å². The van der Waals surface area contributed by atoms with Gasteiger partial charge in [0.1, 0.15) is 5.52 Å². The molecule has 1 fully saturated rings. The van der Waals surface area contributed by atoms with Gasteiger partial charge in [-0.25, -0.2) is 4.98 Å². The van der Waals surface area contributed by atoms with Crippen molar-refractivity contribution < 1.29 is 13.9 Å². The van der Waals surface area contributed by atoms with E-state index in [4.69, 9.17) is 13.9 Å². The summed E-state index contributed by atoms with van der Waals surface area (Å²) in [6.07, 6.45) is 0.815. The second kappa shape index (κ2) is 5.08. The predicted molar refractivity (Wildman–Crippen MR) is 65.0 cm³/mol. The van der Waals surface area contributed by atoms with Gasteiger partial charge < -0.3 is 13.9 Å². The molecule has 2 heterocycles. The van der Waals surface area contributed by atoms with E-state index in [1.807, 2.05) is 24.3 Å². The number of nitrogens with zero attached hydrogens (tertiary/aromatic N) is 1.